The summed E-state index contributed by atoms with van der Waals surface area (Å²) < 4.78 is 27.6. The molecule has 0 spiro atoms. The van der Waals surface area contributed by atoms with Crippen LogP contribution in [0, 0.1) is 6.92 Å². The minimum Gasteiger partial charge on any atom is -0.206 e. The van der Waals surface area contributed by atoms with Crippen LogP contribution in [-0.2, 0) is 10.0 Å². The highest BCUT2D eigenvalue weighted by Crippen LogP contribution is 2.26. The molecule has 1 N–H and O–H groups in total. The van der Waals surface area contributed by atoms with Crippen LogP contribution in [0.25, 0.3) is 0 Å². The molecule has 0 bridgehead atoms. The van der Waals surface area contributed by atoms with Crippen molar-refractivity contribution in [3.63, 3.8) is 0 Å². The SMILES string of the molecule is Cc1ccc(S(=O)(=O)NC2CCCCCC2Cl)s1. The van der Waals surface area contributed by atoms with Gasteiger partial charge in [-0.05, 0) is 31.9 Å². The highest BCUT2D eigenvalue weighted by Gasteiger charge is 2.27. The largest absolute Gasteiger partial charge is 0.250 e. The van der Waals surface area contributed by atoms with Gasteiger partial charge in [0.15, 0.2) is 0 Å². The third-order valence-corrected chi connectivity index (χ3v) is 6.72. The quantitative estimate of drug-likeness (QED) is 0.688. The second-order valence-electron chi connectivity index (χ2n) is 4.75. The number of hydrogen-bond donors (Lipinski definition) is 1. The molecule has 2 unspecified atom stereocenters. The van der Waals surface area contributed by atoms with Gasteiger partial charge in [-0.1, -0.05) is 19.3 Å². The number of thiophene rings is 1. The van der Waals surface area contributed by atoms with Crippen molar-refractivity contribution in [3.8, 4) is 0 Å². The van der Waals surface area contributed by atoms with Crippen molar-refractivity contribution >= 4 is 33.0 Å². The monoisotopic (exact) mass is 307 g/mol. The Kier molecular flexibility index (Phi) is 4.69. The van der Waals surface area contributed by atoms with Crippen molar-refractivity contribution in [2.24, 2.45) is 0 Å². The summed E-state index contributed by atoms with van der Waals surface area (Å²) in [5.41, 5.74) is 0. The summed E-state index contributed by atoms with van der Waals surface area (Å²) in [5.74, 6) is 0. The Bertz CT molecular complexity index is 498. The Labute approximate surface area is 118 Å². The molecule has 0 aromatic carbocycles. The van der Waals surface area contributed by atoms with E-state index in [1.165, 1.54) is 11.3 Å². The fraction of sp³-hybridized carbons (Fsp3) is 0.667. The van der Waals surface area contributed by atoms with E-state index in [9.17, 15) is 8.42 Å². The predicted molar refractivity (Wildman–Crippen MR) is 75.9 cm³/mol. The van der Waals surface area contributed by atoms with Crippen LogP contribution in [0.3, 0.4) is 0 Å². The van der Waals surface area contributed by atoms with Gasteiger partial charge in [0.05, 0.1) is 0 Å². The number of rotatable bonds is 3. The lowest BCUT2D eigenvalue weighted by molar-refractivity contribution is 0.515. The summed E-state index contributed by atoms with van der Waals surface area (Å²) in [7, 11) is -3.40. The standard InChI is InChI=1S/C12H18ClNO2S2/c1-9-7-8-12(17-9)18(15,16)14-11-6-4-2-3-5-10(11)13/h7-8,10-11,14H,2-6H2,1H3. The zero-order chi connectivity index (χ0) is 13.2. The van der Waals surface area contributed by atoms with E-state index in [1.807, 2.05) is 13.0 Å². The van der Waals surface area contributed by atoms with Gasteiger partial charge in [-0.2, -0.15) is 0 Å². The molecule has 1 aromatic rings. The van der Waals surface area contributed by atoms with E-state index in [0.717, 1.165) is 37.0 Å². The van der Waals surface area contributed by atoms with Crippen LogP contribution in [0.4, 0.5) is 0 Å². The molecule has 6 heteroatoms. The van der Waals surface area contributed by atoms with Crippen molar-refractivity contribution in [2.45, 2.75) is 54.7 Å². The highest BCUT2D eigenvalue weighted by atomic mass is 35.5. The topological polar surface area (TPSA) is 46.2 Å². The van der Waals surface area contributed by atoms with E-state index in [2.05, 4.69) is 4.72 Å². The molecule has 1 fully saturated rings. The predicted octanol–water partition coefficient (Wildman–Crippen LogP) is 3.27. The first-order chi connectivity index (χ1) is 8.49. The second kappa shape index (κ2) is 5.90. The molecule has 3 nitrogen and oxygen atoms in total. The fourth-order valence-corrected chi connectivity index (χ4v) is 5.24. The van der Waals surface area contributed by atoms with Crippen molar-refractivity contribution in [1.82, 2.24) is 4.72 Å². The van der Waals surface area contributed by atoms with Crippen LogP contribution in [0.15, 0.2) is 16.3 Å². The van der Waals surface area contributed by atoms with Crippen LogP contribution < -0.4 is 4.72 Å². The van der Waals surface area contributed by atoms with Crippen LogP contribution in [-0.4, -0.2) is 19.8 Å². The van der Waals surface area contributed by atoms with Gasteiger partial charge >= 0.3 is 0 Å². The first-order valence-electron chi connectivity index (χ1n) is 6.22. The zero-order valence-electron chi connectivity index (χ0n) is 10.4. The van der Waals surface area contributed by atoms with Crippen LogP contribution in [0.5, 0.6) is 0 Å². The molecule has 2 atom stereocenters. The summed E-state index contributed by atoms with van der Waals surface area (Å²) in [4.78, 5) is 0.999. The normalized spacial score (nSPS) is 25.9. The maximum absolute atomic E-state index is 12.2. The van der Waals surface area contributed by atoms with Gasteiger partial charge in [0.2, 0.25) is 10.0 Å². The maximum atomic E-state index is 12.2. The fourth-order valence-electron chi connectivity index (χ4n) is 2.21. The van der Waals surface area contributed by atoms with E-state index >= 15 is 0 Å². The van der Waals surface area contributed by atoms with Crippen LogP contribution in [0.2, 0.25) is 0 Å². The lowest BCUT2D eigenvalue weighted by Crippen LogP contribution is -2.40. The summed E-state index contributed by atoms with van der Waals surface area (Å²) in [6.07, 6.45) is 4.99. The van der Waals surface area contributed by atoms with Crippen molar-refractivity contribution < 1.29 is 8.42 Å². The molecule has 0 aliphatic heterocycles. The molecule has 0 radical (unpaired) electrons. The van der Waals surface area contributed by atoms with E-state index in [4.69, 9.17) is 11.6 Å². The molecule has 1 heterocycles. The average Bonchev–Trinajstić information content (AvgIpc) is 2.65. The Balaban J connectivity index is 2.11. The van der Waals surface area contributed by atoms with Crippen molar-refractivity contribution in [2.75, 3.05) is 0 Å². The summed E-state index contributed by atoms with van der Waals surface area (Å²) in [6.45, 7) is 1.90. The third kappa shape index (κ3) is 3.47. The highest BCUT2D eigenvalue weighted by molar-refractivity contribution is 7.91. The van der Waals surface area contributed by atoms with Gasteiger partial charge in [0.25, 0.3) is 0 Å². The number of alkyl halides is 1. The first kappa shape index (κ1) is 14.3. The number of sulfonamides is 1. The van der Waals surface area contributed by atoms with Crippen molar-refractivity contribution in [1.29, 1.82) is 0 Å². The van der Waals surface area contributed by atoms with Crippen molar-refractivity contribution in [3.05, 3.63) is 17.0 Å². The van der Waals surface area contributed by atoms with Gasteiger partial charge in [0, 0.05) is 16.3 Å². The Morgan fingerprint density at radius 2 is 2.00 bits per heavy atom. The molecule has 102 valence electrons. The molecule has 18 heavy (non-hydrogen) atoms. The molecule has 1 saturated carbocycles. The summed E-state index contributed by atoms with van der Waals surface area (Å²) in [6, 6.07) is 3.34. The summed E-state index contributed by atoms with van der Waals surface area (Å²) in [5, 5.41) is -0.0941. The van der Waals surface area contributed by atoms with Crippen LogP contribution >= 0.6 is 22.9 Å². The second-order valence-corrected chi connectivity index (χ2v) is 8.54. The molecular weight excluding hydrogens is 290 g/mol. The Morgan fingerprint density at radius 1 is 1.28 bits per heavy atom. The number of aryl methyl sites for hydroxylation is 1. The van der Waals surface area contributed by atoms with E-state index in [1.54, 1.807) is 6.07 Å². The minimum absolute atomic E-state index is 0.0941. The molecule has 1 aliphatic carbocycles. The van der Waals surface area contributed by atoms with E-state index in [-0.39, 0.29) is 11.4 Å². The van der Waals surface area contributed by atoms with Gasteiger partial charge in [-0.3, -0.25) is 0 Å². The van der Waals surface area contributed by atoms with Gasteiger partial charge < -0.3 is 0 Å². The lowest BCUT2D eigenvalue weighted by Gasteiger charge is -2.20. The molecule has 0 amide bonds. The first-order valence-corrected chi connectivity index (χ1v) is 8.95. The molecule has 1 aromatic heterocycles. The van der Waals surface area contributed by atoms with E-state index < -0.39 is 10.0 Å². The Morgan fingerprint density at radius 3 is 2.67 bits per heavy atom. The molecule has 2 rings (SSSR count). The number of halogens is 1. The maximum Gasteiger partial charge on any atom is 0.250 e. The minimum atomic E-state index is -3.40. The smallest absolute Gasteiger partial charge is 0.206 e. The van der Waals surface area contributed by atoms with E-state index in [0.29, 0.717) is 4.21 Å². The molecule has 1 aliphatic rings. The molecular formula is C12H18ClNO2S2. The summed E-state index contributed by atoms with van der Waals surface area (Å²) >= 11 is 7.56. The average molecular weight is 308 g/mol. The number of nitrogens with one attached hydrogen (secondary N) is 1. The van der Waals surface area contributed by atoms with Crippen LogP contribution in [0.1, 0.15) is 37.0 Å². The van der Waals surface area contributed by atoms with Gasteiger partial charge in [0.1, 0.15) is 4.21 Å². The van der Waals surface area contributed by atoms with Gasteiger partial charge in [-0.25, -0.2) is 13.1 Å². The lowest BCUT2D eigenvalue weighted by atomic mass is 10.1. The number of hydrogen-bond acceptors (Lipinski definition) is 3. The Hall–Kier alpha value is -0.100. The zero-order valence-corrected chi connectivity index (χ0v) is 12.7. The third-order valence-electron chi connectivity index (χ3n) is 3.22. The van der Waals surface area contributed by atoms with Gasteiger partial charge in [-0.15, -0.1) is 22.9 Å². The molecule has 0 saturated heterocycles.